The minimum absolute atomic E-state index is 0.00308. The van der Waals surface area contributed by atoms with Crippen LogP contribution < -0.4 is 5.32 Å². The Balaban J connectivity index is 1.45. The van der Waals surface area contributed by atoms with Gasteiger partial charge in [0.2, 0.25) is 11.8 Å². The van der Waals surface area contributed by atoms with E-state index in [1.54, 1.807) is 28.6 Å². The van der Waals surface area contributed by atoms with Crippen molar-refractivity contribution in [1.82, 2.24) is 15.2 Å². The van der Waals surface area contributed by atoms with Gasteiger partial charge in [0, 0.05) is 31.3 Å². The summed E-state index contributed by atoms with van der Waals surface area (Å²) in [5, 5.41) is 5.94. The molecule has 0 unspecified atom stereocenters. The van der Waals surface area contributed by atoms with Crippen molar-refractivity contribution in [2.75, 3.05) is 13.1 Å². The van der Waals surface area contributed by atoms with Crippen molar-refractivity contribution in [1.29, 1.82) is 0 Å². The van der Waals surface area contributed by atoms with Gasteiger partial charge in [0.05, 0.1) is 29.4 Å². The smallest absolute Gasteiger partial charge is 0.225 e. The Bertz CT molecular complexity index is 681. The summed E-state index contributed by atoms with van der Waals surface area (Å²) in [6.45, 7) is 3.38. The van der Waals surface area contributed by atoms with E-state index in [-0.39, 0.29) is 24.2 Å². The lowest BCUT2D eigenvalue weighted by Crippen LogP contribution is -2.34. The highest BCUT2D eigenvalue weighted by Crippen LogP contribution is 2.20. The van der Waals surface area contributed by atoms with Crippen molar-refractivity contribution in [3.8, 4) is 0 Å². The van der Waals surface area contributed by atoms with Crippen LogP contribution in [0.4, 0.5) is 0 Å². The van der Waals surface area contributed by atoms with Gasteiger partial charge in [0.15, 0.2) is 0 Å². The first-order valence-electron chi connectivity index (χ1n) is 7.60. The molecule has 1 atom stereocenters. The third kappa shape index (κ3) is 3.98. The van der Waals surface area contributed by atoms with Crippen LogP contribution in [-0.2, 0) is 22.6 Å². The Kier molecular flexibility index (Phi) is 4.76. The van der Waals surface area contributed by atoms with Crippen molar-refractivity contribution >= 4 is 23.2 Å². The van der Waals surface area contributed by atoms with Crippen LogP contribution in [0.5, 0.6) is 0 Å². The van der Waals surface area contributed by atoms with E-state index < -0.39 is 0 Å². The molecule has 0 spiro atoms. The number of rotatable bonds is 6. The Labute approximate surface area is 138 Å². The van der Waals surface area contributed by atoms with Crippen LogP contribution in [0.3, 0.4) is 0 Å². The molecule has 1 aliphatic heterocycles. The van der Waals surface area contributed by atoms with E-state index in [1.807, 2.05) is 18.4 Å². The number of furan rings is 1. The molecule has 0 bridgehead atoms. The van der Waals surface area contributed by atoms with Crippen LogP contribution in [0, 0.1) is 12.8 Å². The monoisotopic (exact) mass is 333 g/mol. The summed E-state index contributed by atoms with van der Waals surface area (Å²) < 4.78 is 5.25. The van der Waals surface area contributed by atoms with Crippen LogP contribution in [0.1, 0.15) is 22.9 Å². The fourth-order valence-corrected chi connectivity index (χ4v) is 3.32. The van der Waals surface area contributed by atoms with E-state index >= 15 is 0 Å². The van der Waals surface area contributed by atoms with E-state index in [0.29, 0.717) is 26.1 Å². The van der Waals surface area contributed by atoms with E-state index in [4.69, 9.17) is 4.42 Å². The SMILES string of the molecule is Cc1nc(CCNC(=O)[C@@H]2CC(=O)N(Cc3ccco3)C2)cs1. The standard InChI is InChI=1S/C16H19N3O3S/c1-11-18-13(10-23-11)4-5-17-16(21)12-7-15(20)19(8-12)9-14-3-2-6-22-14/h2-3,6,10,12H,4-5,7-9H2,1H3,(H,17,21)/t12-/m1/s1. The zero-order valence-corrected chi connectivity index (χ0v) is 13.8. The summed E-state index contributed by atoms with van der Waals surface area (Å²) >= 11 is 1.61. The van der Waals surface area contributed by atoms with E-state index in [9.17, 15) is 9.59 Å². The van der Waals surface area contributed by atoms with Gasteiger partial charge >= 0.3 is 0 Å². The number of thiazole rings is 1. The highest BCUT2D eigenvalue weighted by Gasteiger charge is 2.34. The Morgan fingerprint density at radius 3 is 3.13 bits per heavy atom. The zero-order chi connectivity index (χ0) is 16.2. The van der Waals surface area contributed by atoms with Gasteiger partial charge < -0.3 is 14.6 Å². The molecule has 2 aromatic rings. The highest BCUT2D eigenvalue weighted by atomic mass is 32.1. The van der Waals surface area contributed by atoms with Crippen molar-refractivity contribution in [2.24, 2.45) is 5.92 Å². The van der Waals surface area contributed by atoms with E-state index in [1.165, 1.54) is 0 Å². The molecule has 3 rings (SSSR count). The van der Waals surface area contributed by atoms with Gasteiger partial charge in [0.25, 0.3) is 0 Å². The normalized spacial score (nSPS) is 17.7. The number of carbonyl (C=O) groups excluding carboxylic acids is 2. The molecule has 3 heterocycles. The molecule has 0 aromatic carbocycles. The predicted octanol–water partition coefficient (Wildman–Crippen LogP) is 1.75. The first-order valence-corrected chi connectivity index (χ1v) is 8.48. The molecule has 0 saturated carbocycles. The molecule has 2 aromatic heterocycles. The molecule has 2 amide bonds. The lowest BCUT2D eigenvalue weighted by molar-refractivity contribution is -0.129. The molecule has 122 valence electrons. The molecular weight excluding hydrogens is 314 g/mol. The lowest BCUT2D eigenvalue weighted by atomic mass is 10.1. The molecule has 6 nitrogen and oxygen atoms in total. The van der Waals surface area contributed by atoms with Gasteiger partial charge in [-0.1, -0.05) is 0 Å². The molecule has 1 saturated heterocycles. The van der Waals surface area contributed by atoms with Crippen LogP contribution in [0.25, 0.3) is 0 Å². The van der Waals surface area contributed by atoms with Crippen LogP contribution in [-0.4, -0.2) is 34.8 Å². The summed E-state index contributed by atoms with van der Waals surface area (Å²) in [6, 6.07) is 3.62. The topological polar surface area (TPSA) is 75.4 Å². The number of amides is 2. The third-order valence-corrected chi connectivity index (χ3v) is 4.68. The van der Waals surface area contributed by atoms with Gasteiger partial charge in [-0.2, -0.15) is 0 Å². The lowest BCUT2D eigenvalue weighted by Gasteiger charge is -2.15. The molecule has 23 heavy (non-hydrogen) atoms. The minimum Gasteiger partial charge on any atom is -0.467 e. The van der Waals surface area contributed by atoms with Crippen LogP contribution >= 0.6 is 11.3 Å². The number of nitrogens with zero attached hydrogens (tertiary/aromatic N) is 2. The number of carbonyl (C=O) groups is 2. The number of nitrogens with one attached hydrogen (secondary N) is 1. The molecule has 1 fully saturated rings. The molecule has 7 heteroatoms. The quantitative estimate of drug-likeness (QED) is 0.874. The zero-order valence-electron chi connectivity index (χ0n) is 12.9. The Morgan fingerprint density at radius 2 is 2.43 bits per heavy atom. The Morgan fingerprint density at radius 1 is 1.57 bits per heavy atom. The largest absolute Gasteiger partial charge is 0.467 e. The Hall–Kier alpha value is -2.15. The van der Waals surface area contributed by atoms with Gasteiger partial charge in [-0.25, -0.2) is 4.98 Å². The maximum absolute atomic E-state index is 12.2. The second-order valence-corrected chi connectivity index (χ2v) is 6.72. The van der Waals surface area contributed by atoms with Gasteiger partial charge in [-0.3, -0.25) is 9.59 Å². The van der Waals surface area contributed by atoms with Crippen molar-refractivity contribution in [3.63, 3.8) is 0 Å². The average molecular weight is 333 g/mol. The number of hydrogen-bond donors (Lipinski definition) is 1. The average Bonchev–Trinajstić information content (AvgIpc) is 3.23. The van der Waals surface area contributed by atoms with E-state index in [2.05, 4.69) is 10.3 Å². The summed E-state index contributed by atoms with van der Waals surface area (Å²) in [5.74, 6) is 0.386. The van der Waals surface area contributed by atoms with Gasteiger partial charge in [-0.05, 0) is 19.1 Å². The summed E-state index contributed by atoms with van der Waals surface area (Å²) in [7, 11) is 0. The van der Waals surface area contributed by atoms with Gasteiger partial charge in [0.1, 0.15) is 5.76 Å². The van der Waals surface area contributed by atoms with Crippen LogP contribution in [0.2, 0.25) is 0 Å². The number of aryl methyl sites for hydroxylation is 1. The van der Waals surface area contributed by atoms with Crippen molar-refractivity contribution in [3.05, 3.63) is 40.2 Å². The first-order chi connectivity index (χ1) is 11.1. The molecular formula is C16H19N3O3S. The summed E-state index contributed by atoms with van der Waals surface area (Å²) in [5.41, 5.74) is 0.995. The molecule has 0 radical (unpaired) electrons. The minimum atomic E-state index is -0.283. The number of hydrogen-bond acceptors (Lipinski definition) is 5. The third-order valence-electron chi connectivity index (χ3n) is 3.86. The predicted molar refractivity (Wildman–Crippen MR) is 85.8 cm³/mol. The molecule has 0 aliphatic carbocycles. The molecule has 1 aliphatic rings. The highest BCUT2D eigenvalue weighted by molar-refractivity contribution is 7.09. The maximum Gasteiger partial charge on any atom is 0.225 e. The van der Waals surface area contributed by atoms with Crippen LogP contribution in [0.15, 0.2) is 28.2 Å². The number of aromatic nitrogens is 1. The van der Waals surface area contributed by atoms with E-state index in [0.717, 1.165) is 16.5 Å². The summed E-state index contributed by atoms with van der Waals surface area (Å²) in [4.78, 5) is 30.3. The molecule has 1 N–H and O–H groups in total. The summed E-state index contributed by atoms with van der Waals surface area (Å²) in [6.07, 6.45) is 2.56. The van der Waals surface area contributed by atoms with Gasteiger partial charge in [-0.15, -0.1) is 11.3 Å². The van der Waals surface area contributed by atoms with Crippen molar-refractivity contribution in [2.45, 2.75) is 26.3 Å². The number of likely N-dealkylation sites (tertiary alicyclic amines) is 1. The second kappa shape index (κ2) is 6.95. The first kappa shape index (κ1) is 15.7. The maximum atomic E-state index is 12.2. The fraction of sp³-hybridized carbons (Fsp3) is 0.438. The van der Waals surface area contributed by atoms with Crippen molar-refractivity contribution < 1.29 is 14.0 Å². The fourth-order valence-electron chi connectivity index (χ4n) is 2.67. The second-order valence-electron chi connectivity index (χ2n) is 5.65.